The van der Waals surface area contributed by atoms with Crippen molar-refractivity contribution >= 4 is 28.8 Å². The van der Waals surface area contributed by atoms with Crippen LogP contribution in [0.1, 0.15) is 36.0 Å². The third kappa shape index (κ3) is 4.83. The zero-order valence-electron chi connectivity index (χ0n) is 15.4. The number of hydrogen-bond donors (Lipinski definition) is 2. The number of anilines is 1. The molecule has 1 heterocycles. The first-order valence-electron chi connectivity index (χ1n) is 8.84. The molecule has 5 heteroatoms. The highest BCUT2D eigenvalue weighted by molar-refractivity contribution is 7.12. The number of carbonyl (C=O) groups excluding carboxylic acids is 2. The van der Waals surface area contributed by atoms with E-state index < -0.39 is 0 Å². The summed E-state index contributed by atoms with van der Waals surface area (Å²) in [6.07, 6.45) is 0.758. The van der Waals surface area contributed by atoms with Gasteiger partial charge in [0.1, 0.15) is 0 Å². The molecule has 1 aromatic heterocycles. The number of nitrogens with one attached hydrogen (secondary N) is 2. The van der Waals surface area contributed by atoms with Gasteiger partial charge < -0.3 is 10.6 Å². The summed E-state index contributed by atoms with van der Waals surface area (Å²) in [5, 5.41) is 5.81. The summed E-state index contributed by atoms with van der Waals surface area (Å²) < 4.78 is 0. The van der Waals surface area contributed by atoms with Crippen molar-refractivity contribution in [2.75, 3.05) is 11.9 Å². The summed E-state index contributed by atoms with van der Waals surface area (Å²) in [5.41, 5.74) is 2.80. The lowest BCUT2D eigenvalue weighted by molar-refractivity contribution is 0.0955. The standard InChI is InChI=1S/C22H22N2O2S/c1-15-14-19(16(2)27-15)22(26)24-20-11-7-6-10-18(20)21(25)23-13-12-17-8-4-3-5-9-17/h3-11,14H,12-13H2,1-2H3,(H,23,25)(H,24,26). The van der Waals surface area contributed by atoms with Gasteiger partial charge >= 0.3 is 0 Å². The molecule has 0 saturated heterocycles. The van der Waals surface area contributed by atoms with Crippen LogP contribution in [0.5, 0.6) is 0 Å². The molecule has 138 valence electrons. The van der Waals surface area contributed by atoms with Crippen molar-refractivity contribution in [1.82, 2.24) is 5.32 Å². The lowest BCUT2D eigenvalue weighted by Crippen LogP contribution is -2.27. The molecule has 0 unspecified atom stereocenters. The van der Waals surface area contributed by atoms with Gasteiger partial charge in [0.2, 0.25) is 0 Å². The first-order chi connectivity index (χ1) is 13.0. The number of rotatable bonds is 6. The minimum absolute atomic E-state index is 0.193. The lowest BCUT2D eigenvalue weighted by Gasteiger charge is -2.11. The van der Waals surface area contributed by atoms with Crippen molar-refractivity contribution in [1.29, 1.82) is 0 Å². The number of benzene rings is 2. The average Bonchev–Trinajstić information content (AvgIpc) is 3.01. The van der Waals surface area contributed by atoms with Crippen LogP contribution in [0.15, 0.2) is 60.7 Å². The molecule has 0 bridgehead atoms. The van der Waals surface area contributed by atoms with Gasteiger partial charge in [-0.25, -0.2) is 0 Å². The third-order valence-corrected chi connectivity index (χ3v) is 5.21. The highest BCUT2D eigenvalue weighted by Gasteiger charge is 2.16. The molecule has 0 aliphatic heterocycles. The monoisotopic (exact) mass is 378 g/mol. The largest absolute Gasteiger partial charge is 0.352 e. The molecule has 0 saturated carbocycles. The molecule has 2 amide bonds. The molecule has 3 aromatic rings. The van der Waals surface area contributed by atoms with Crippen LogP contribution in [0.3, 0.4) is 0 Å². The predicted octanol–water partition coefficient (Wildman–Crippen LogP) is 4.59. The number of thiophene rings is 1. The zero-order chi connectivity index (χ0) is 19.2. The summed E-state index contributed by atoms with van der Waals surface area (Å²) in [7, 11) is 0. The smallest absolute Gasteiger partial charge is 0.256 e. The van der Waals surface area contributed by atoms with Crippen LogP contribution in [-0.4, -0.2) is 18.4 Å². The molecule has 2 aromatic carbocycles. The number of hydrogen-bond acceptors (Lipinski definition) is 3. The van der Waals surface area contributed by atoms with Gasteiger partial charge in [0.15, 0.2) is 0 Å². The summed E-state index contributed by atoms with van der Waals surface area (Å²) in [5.74, 6) is -0.388. The summed E-state index contributed by atoms with van der Waals surface area (Å²) >= 11 is 1.59. The molecule has 0 atom stereocenters. The molecule has 0 aliphatic carbocycles. The summed E-state index contributed by atoms with van der Waals surface area (Å²) in [4.78, 5) is 27.2. The van der Waals surface area contributed by atoms with E-state index in [1.807, 2.05) is 56.3 Å². The molecule has 4 nitrogen and oxygen atoms in total. The zero-order valence-corrected chi connectivity index (χ0v) is 16.2. The van der Waals surface area contributed by atoms with Crippen LogP contribution < -0.4 is 10.6 Å². The van der Waals surface area contributed by atoms with Crippen molar-refractivity contribution in [3.8, 4) is 0 Å². The van der Waals surface area contributed by atoms with E-state index in [-0.39, 0.29) is 11.8 Å². The van der Waals surface area contributed by atoms with E-state index in [9.17, 15) is 9.59 Å². The Labute approximate surface area is 163 Å². The topological polar surface area (TPSA) is 58.2 Å². The van der Waals surface area contributed by atoms with Gasteiger partial charge in [-0.05, 0) is 44.0 Å². The van der Waals surface area contributed by atoms with Crippen molar-refractivity contribution < 1.29 is 9.59 Å². The Morgan fingerprint density at radius 3 is 2.30 bits per heavy atom. The Hall–Kier alpha value is -2.92. The van der Waals surface area contributed by atoms with Crippen LogP contribution in [0.4, 0.5) is 5.69 Å². The second kappa shape index (κ2) is 8.64. The van der Waals surface area contributed by atoms with E-state index in [1.165, 1.54) is 5.56 Å². The Kier molecular flexibility index (Phi) is 6.04. The van der Waals surface area contributed by atoms with Crippen LogP contribution in [0.2, 0.25) is 0 Å². The first kappa shape index (κ1) is 18.9. The quantitative estimate of drug-likeness (QED) is 0.659. The van der Waals surface area contributed by atoms with Crippen molar-refractivity contribution in [3.63, 3.8) is 0 Å². The van der Waals surface area contributed by atoms with Crippen LogP contribution >= 0.6 is 11.3 Å². The predicted molar refractivity (Wildman–Crippen MR) is 111 cm³/mol. The van der Waals surface area contributed by atoms with Crippen LogP contribution in [-0.2, 0) is 6.42 Å². The average molecular weight is 378 g/mol. The fourth-order valence-corrected chi connectivity index (χ4v) is 3.82. The number of aryl methyl sites for hydroxylation is 2. The van der Waals surface area contributed by atoms with Gasteiger partial charge in [-0.3, -0.25) is 9.59 Å². The van der Waals surface area contributed by atoms with E-state index >= 15 is 0 Å². The fraction of sp³-hybridized carbons (Fsp3) is 0.182. The van der Waals surface area contributed by atoms with Crippen LogP contribution in [0.25, 0.3) is 0 Å². The first-order valence-corrected chi connectivity index (χ1v) is 9.66. The molecule has 0 aliphatic rings. The Bertz CT molecular complexity index is 948. The molecule has 0 spiro atoms. The lowest BCUT2D eigenvalue weighted by atomic mass is 10.1. The van der Waals surface area contributed by atoms with E-state index in [2.05, 4.69) is 10.6 Å². The maximum atomic E-state index is 12.6. The number of carbonyl (C=O) groups is 2. The molecule has 3 rings (SSSR count). The van der Waals surface area contributed by atoms with Crippen molar-refractivity contribution in [2.24, 2.45) is 0 Å². The second-order valence-corrected chi connectivity index (χ2v) is 7.78. The van der Waals surface area contributed by atoms with Gasteiger partial charge in [-0.1, -0.05) is 42.5 Å². The summed E-state index contributed by atoms with van der Waals surface area (Å²) in [6.45, 7) is 4.44. The van der Waals surface area contributed by atoms with Gasteiger partial charge in [0, 0.05) is 16.3 Å². The fourth-order valence-electron chi connectivity index (χ4n) is 2.90. The summed E-state index contributed by atoms with van der Waals surface area (Å²) in [6, 6.07) is 18.9. The Morgan fingerprint density at radius 1 is 0.889 bits per heavy atom. The maximum absolute atomic E-state index is 12.6. The highest BCUT2D eigenvalue weighted by Crippen LogP contribution is 2.23. The number of amides is 2. The number of para-hydroxylation sites is 1. The molecular formula is C22H22N2O2S. The normalized spacial score (nSPS) is 10.4. The Balaban J connectivity index is 1.67. The second-order valence-electron chi connectivity index (χ2n) is 6.32. The highest BCUT2D eigenvalue weighted by atomic mass is 32.1. The molecule has 27 heavy (non-hydrogen) atoms. The van der Waals surface area contributed by atoms with E-state index in [0.717, 1.165) is 16.2 Å². The van der Waals surface area contributed by atoms with E-state index in [1.54, 1.807) is 29.5 Å². The maximum Gasteiger partial charge on any atom is 0.256 e. The molecule has 0 radical (unpaired) electrons. The van der Waals surface area contributed by atoms with E-state index in [0.29, 0.717) is 23.4 Å². The minimum Gasteiger partial charge on any atom is -0.352 e. The van der Waals surface area contributed by atoms with Gasteiger partial charge in [0.25, 0.3) is 11.8 Å². The van der Waals surface area contributed by atoms with Gasteiger partial charge in [0.05, 0.1) is 16.8 Å². The minimum atomic E-state index is -0.194. The van der Waals surface area contributed by atoms with Gasteiger partial charge in [-0.2, -0.15) is 0 Å². The van der Waals surface area contributed by atoms with E-state index in [4.69, 9.17) is 0 Å². The Morgan fingerprint density at radius 2 is 1.59 bits per heavy atom. The molecule has 0 fully saturated rings. The van der Waals surface area contributed by atoms with Gasteiger partial charge in [-0.15, -0.1) is 11.3 Å². The molecule has 2 N–H and O–H groups in total. The third-order valence-electron chi connectivity index (χ3n) is 4.25. The van der Waals surface area contributed by atoms with Crippen molar-refractivity contribution in [2.45, 2.75) is 20.3 Å². The van der Waals surface area contributed by atoms with Crippen LogP contribution in [0, 0.1) is 13.8 Å². The SMILES string of the molecule is Cc1cc(C(=O)Nc2ccccc2C(=O)NCCc2ccccc2)c(C)s1. The molecular weight excluding hydrogens is 356 g/mol. The van der Waals surface area contributed by atoms with Crippen molar-refractivity contribution in [3.05, 3.63) is 87.1 Å².